The second-order valence-electron chi connectivity index (χ2n) is 4.86. The van der Waals surface area contributed by atoms with Crippen molar-refractivity contribution in [1.82, 2.24) is 0 Å². The van der Waals surface area contributed by atoms with E-state index in [9.17, 15) is 0 Å². The molecule has 3 rings (SSSR count). The van der Waals surface area contributed by atoms with Gasteiger partial charge in [0.15, 0.2) is 0 Å². The van der Waals surface area contributed by atoms with Crippen LogP contribution in [-0.2, 0) is 0 Å². The lowest BCUT2D eigenvalue weighted by molar-refractivity contribution is 0.807. The predicted octanol–water partition coefficient (Wildman–Crippen LogP) is 5.40. The minimum Gasteiger partial charge on any atom is -0.179 e. The van der Waals surface area contributed by atoms with Crippen LogP contribution in [0.15, 0.2) is 42.5 Å². The van der Waals surface area contributed by atoms with Crippen molar-refractivity contribution in [3.8, 4) is 0 Å². The van der Waals surface area contributed by atoms with Crippen molar-refractivity contribution < 1.29 is 0 Å². The molecule has 2 atom stereocenters. The number of fused-ring (bicyclic) bond motifs is 1. The molecule has 2 aromatic rings. The average molecular weight is 307 g/mol. The van der Waals surface area contributed by atoms with Crippen molar-refractivity contribution in [2.75, 3.05) is 11.5 Å². The lowest BCUT2D eigenvalue weighted by Gasteiger charge is -2.13. The second kappa shape index (κ2) is 6.47. The van der Waals surface area contributed by atoms with Gasteiger partial charge >= 0.3 is 0 Å². The summed E-state index contributed by atoms with van der Waals surface area (Å²) < 4.78 is 0.607. The van der Waals surface area contributed by atoms with Gasteiger partial charge in [0.05, 0.1) is 4.58 Å². The van der Waals surface area contributed by atoms with Crippen LogP contribution < -0.4 is 0 Å². The molecule has 1 heterocycles. The van der Waals surface area contributed by atoms with Crippen LogP contribution in [0, 0.1) is 0 Å². The maximum atomic E-state index is 4.32. The summed E-state index contributed by atoms with van der Waals surface area (Å²) in [5, 5.41) is 3.59. The van der Waals surface area contributed by atoms with Gasteiger partial charge in [0.1, 0.15) is 0 Å². The van der Waals surface area contributed by atoms with Crippen molar-refractivity contribution in [2.24, 2.45) is 0 Å². The maximum Gasteiger partial charge on any atom is 0.0760 e. The van der Waals surface area contributed by atoms with Gasteiger partial charge in [-0.15, -0.1) is 23.5 Å². The molecule has 0 aliphatic carbocycles. The van der Waals surface area contributed by atoms with Crippen molar-refractivity contribution in [3.05, 3.63) is 48.0 Å². The zero-order valence-corrected chi connectivity index (χ0v) is 13.3. The van der Waals surface area contributed by atoms with Crippen LogP contribution in [0.2, 0.25) is 0 Å². The molecule has 1 saturated heterocycles. The second-order valence-corrected chi connectivity index (χ2v) is 8.15. The third-order valence-corrected chi connectivity index (χ3v) is 7.22. The van der Waals surface area contributed by atoms with Gasteiger partial charge < -0.3 is 0 Å². The summed E-state index contributed by atoms with van der Waals surface area (Å²) in [6, 6.07) is 15.4. The Balaban J connectivity index is 1.82. The Morgan fingerprint density at radius 2 is 1.95 bits per heavy atom. The summed E-state index contributed by atoms with van der Waals surface area (Å²) in [6.07, 6.45) is 2.55. The first-order valence-corrected chi connectivity index (χ1v) is 9.36. The Labute approximate surface area is 129 Å². The highest BCUT2D eigenvalue weighted by Crippen LogP contribution is 2.51. The standard InChI is InChI=1S/C16H18S3/c17-10-4-7-13-11-18-16(19-13)15-9-3-6-12-5-1-2-8-14(12)15/h1-3,5-6,8-9,13,16-17H,4,7,10-11H2. The molecule has 2 unspecified atom stereocenters. The minimum atomic E-state index is 0.607. The third kappa shape index (κ3) is 3.09. The highest BCUT2D eigenvalue weighted by Gasteiger charge is 2.27. The zero-order valence-electron chi connectivity index (χ0n) is 10.8. The molecule has 3 heteroatoms. The van der Waals surface area contributed by atoms with Gasteiger partial charge in [-0.05, 0) is 34.9 Å². The summed E-state index contributed by atoms with van der Waals surface area (Å²) in [7, 11) is 0. The predicted molar refractivity (Wildman–Crippen MR) is 93.6 cm³/mol. The van der Waals surface area contributed by atoms with E-state index in [2.05, 4.69) is 78.6 Å². The lowest BCUT2D eigenvalue weighted by Crippen LogP contribution is -2.00. The van der Waals surface area contributed by atoms with Gasteiger partial charge in [-0.25, -0.2) is 0 Å². The Morgan fingerprint density at radius 1 is 1.11 bits per heavy atom. The number of rotatable bonds is 4. The molecule has 0 N–H and O–H groups in total. The molecular weight excluding hydrogens is 288 g/mol. The highest BCUT2D eigenvalue weighted by molar-refractivity contribution is 8.19. The van der Waals surface area contributed by atoms with Crippen molar-refractivity contribution in [1.29, 1.82) is 0 Å². The van der Waals surface area contributed by atoms with E-state index in [1.807, 2.05) is 0 Å². The number of benzene rings is 2. The van der Waals surface area contributed by atoms with Crippen LogP contribution in [0.1, 0.15) is 23.0 Å². The number of thiol groups is 1. The molecule has 1 fully saturated rings. The van der Waals surface area contributed by atoms with Crippen molar-refractivity contribution in [3.63, 3.8) is 0 Å². The Hall–Kier alpha value is -0.250. The van der Waals surface area contributed by atoms with Gasteiger partial charge in [-0.1, -0.05) is 42.5 Å². The van der Waals surface area contributed by atoms with Gasteiger partial charge in [0.25, 0.3) is 0 Å². The van der Waals surface area contributed by atoms with Crippen LogP contribution >= 0.6 is 36.2 Å². The maximum absolute atomic E-state index is 4.32. The number of thioether (sulfide) groups is 2. The SMILES string of the molecule is SCCCC1CSC(c2cccc3ccccc23)S1. The summed E-state index contributed by atoms with van der Waals surface area (Å²) in [5.41, 5.74) is 1.50. The third-order valence-electron chi connectivity index (χ3n) is 3.51. The van der Waals surface area contributed by atoms with Gasteiger partial charge in [-0.2, -0.15) is 12.6 Å². The molecule has 0 spiro atoms. The summed E-state index contributed by atoms with van der Waals surface area (Å²) in [5.74, 6) is 2.30. The first-order chi connectivity index (χ1) is 9.38. The van der Waals surface area contributed by atoms with Gasteiger partial charge in [0, 0.05) is 11.0 Å². The topological polar surface area (TPSA) is 0 Å². The van der Waals surface area contributed by atoms with E-state index in [0.29, 0.717) is 4.58 Å². The quantitative estimate of drug-likeness (QED) is 0.751. The molecule has 100 valence electrons. The minimum absolute atomic E-state index is 0.607. The fourth-order valence-corrected chi connectivity index (χ4v) is 6.24. The molecule has 0 nitrogen and oxygen atoms in total. The van der Waals surface area contributed by atoms with Gasteiger partial charge in [0.2, 0.25) is 0 Å². The molecule has 2 aromatic carbocycles. The van der Waals surface area contributed by atoms with E-state index in [1.54, 1.807) is 0 Å². The molecule has 0 radical (unpaired) electrons. The van der Waals surface area contributed by atoms with Crippen LogP contribution in [-0.4, -0.2) is 16.8 Å². The molecule has 1 aliphatic rings. The fourth-order valence-electron chi connectivity index (χ4n) is 2.54. The van der Waals surface area contributed by atoms with E-state index >= 15 is 0 Å². The monoisotopic (exact) mass is 306 g/mol. The molecule has 1 aliphatic heterocycles. The molecule has 0 bridgehead atoms. The van der Waals surface area contributed by atoms with E-state index in [4.69, 9.17) is 0 Å². The Morgan fingerprint density at radius 3 is 2.84 bits per heavy atom. The molecule has 19 heavy (non-hydrogen) atoms. The first kappa shape index (κ1) is 13.7. The number of hydrogen-bond acceptors (Lipinski definition) is 3. The van der Waals surface area contributed by atoms with Crippen LogP contribution in [0.5, 0.6) is 0 Å². The fraction of sp³-hybridized carbons (Fsp3) is 0.375. The van der Waals surface area contributed by atoms with Crippen LogP contribution in [0.25, 0.3) is 10.8 Å². The molecule has 0 amide bonds. The number of hydrogen-bond donors (Lipinski definition) is 1. The normalized spacial score (nSPS) is 23.0. The van der Waals surface area contributed by atoms with E-state index in [-0.39, 0.29) is 0 Å². The molecule has 0 saturated carbocycles. The van der Waals surface area contributed by atoms with Crippen molar-refractivity contribution in [2.45, 2.75) is 22.7 Å². The van der Waals surface area contributed by atoms with E-state index in [0.717, 1.165) is 11.0 Å². The van der Waals surface area contributed by atoms with Gasteiger partial charge in [-0.3, -0.25) is 0 Å². The smallest absolute Gasteiger partial charge is 0.0760 e. The molecular formula is C16H18S3. The van der Waals surface area contributed by atoms with E-state index < -0.39 is 0 Å². The zero-order chi connectivity index (χ0) is 13.1. The van der Waals surface area contributed by atoms with Crippen LogP contribution in [0.4, 0.5) is 0 Å². The summed E-state index contributed by atoms with van der Waals surface area (Å²) >= 11 is 8.57. The average Bonchev–Trinajstić information content (AvgIpc) is 2.93. The van der Waals surface area contributed by atoms with Crippen molar-refractivity contribution >= 4 is 46.9 Å². The Kier molecular flexibility index (Phi) is 4.67. The molecule has 0 aromatic heterocycles. The highest BCUT2D eigenvalue weighted by atomic mass is 32.2. The first-order valence-electron chi connectivity index (χ1n) is 6.74. The van der Waals surface area contributed by atoms with E-state index in [1.165, 1.54) is 34.9 Å². The van der Waals surface area contributed by atoms with Crippen LogP contribution in [0.3, 0.4) is 0 Å². The summed E-state index contributed by atoms with van der Waals surface area (Å²) in [4.78, 5) is 0. The lowest BCUT2D eigenvalue weighted by atomic mass is 10.1. The summed E-state index contributed by atoms with van der Waals surface area (Å²) in [6.45, 7) is 0. The Bertz CT molecular complexity index is 547. The largest absolute Gasteiger partial charge is 0.179 e.